The van der Waals surface area contributed by atoms with Gasteiger partial charge in [-0.25, -0.2) is 4.90 Å². The summed E-state index contributed by atoms with van der Waals surface area (Å²) in [5, 5.41) is 0.847. The van der Waals surface area contributed by atoms with Crippen LogP contribution in [0.2, 0.25) is 0 Å². The lowest BCUT2D eigenvalue weighted by Crippen LogP contribution is -2.30. The molecule has 0 unspecified atom stereocenters. The Balaban J connectivity index is 1.57. The zero-order valence-electron chi connectivity index (χ0n) is 17.3. The Morgan fingerprint density at radius 2 is 1.41 bits per heavy atom. The Kier molecular flexibility index (Phi) is 4.12. The summed E-state index contributed by atoms with van der Waals surface area (Å²) in [7, 11) is 0. The highest BCUT2D eigenvalue weighted by Gasteiger charge is 2.54. The highest BCUT2D eigenvalue weighted by Crippen LogP contribution is 2.47. The first-order chi connectivity index (χ1) is 15.6. The predicted molar refractivity (Wildman–Crippen MR) is 122 cm³/mol. The van der Waals surface area contributed by atoms with Crippen LogP contribution >= 0.6 is 0 Å². The molecule has 0 spiro atoms. The summed E-state index contributed by atoms with van der Waals surface area (Å²) < 4.78 is 2.06. The monoisotopic (exact) mass is 420 g/mol. The number of nitrogens with zero attached hydrogens (tertiary/aromatic N) is 2. The molecule has 6 rings (SSSR count). The number of aromatic nitrogens is 1. The number of carbonyl (C=O) groups is 3. The van der Waals surface area contributed by atoms with E-state index in [0.29, 0.717) is 23.5 Å². The highest BCUT2D eigenvalue weighted by atomic mass is 16.2. The molecule has 1 fully saturated rings. The second kappa shape index (κ2) is 7.02. The van der Waals surface area contributed by atoms with Crippen LogP contribution in [0, 0.1) is 5.92 Å². The van der Waals surface area contributed by atoms with Gasteiger partial charge in [-0.2, -0.15) is 0 Å². The lowest BCUT2D eigenvalue weighted by atomic mass is 9.78. The quantitative estimate of drug-likeness (QED) is 0.457. The van der Waals surface area contributed by atoms with E-state index < -0.39 is 11.8 Å². The van der Waals surface area contributed by atoms with Gasteiger partial charge < -0.3 is 4.57 Å². The van der Waals surface area contributed by atoms with Gasteiger partial charge in [0.1, 0.15) is 0 Å². The van der Waals surface area contributed by atoms with Crippen molar-refractivity contribution in [1.82, 2.24) is 4.57 Å². The molecule has 0 radical (unpaired) electrons. The maximum Gasteiger partial charge on any atom is 0.243 e. The fourth-order valence-electron chi connectivity index (χ4n) is 5.25. The minimum absolute atomic E-state index is 0.0604. The number of anilines is 1. The molecule has 4 aromatic rings. The summed E-state index contributed by atoms with van der Waals surface area (Å²) >= 11 is 0. The van der Waals surface area contributed by atoms with Crippen LogP contribution in [-0.2, 0) is 16.1 Å². The standard InChI is InChI=1S/C27H20N2O3/c30-22-15-20-24(27(32)29(26(20)31)18-11-5-2-6-12-18)25-23(22)19-13-7-8-14-21(19)28(25)16-17-9-3-1-4-10-17/h1-14,20,24H,15-16H2/t20-,24-/m1/s1. The number of Topliss-reactive ketones (excluding diaryl/α,β-unsaturated/α-hetero) is 1. The van der Waals surface area contributed by atoms with Crippen molar-refractivity contribution in [3.63, 3.8) is 0 Å². The second-order valence-corrected chi connectivity index (χ2v) is 8.41. The summed E-state index contributed by atoms with van der Waals surface area (Å²) in [6.07, 6.45) is 0.0604. The Morgan fingerprint density at radius 1 is 0.750 bits per heavy atom. The molecule has 2 amide bonds. The molecule has 0 N–H and O–H groups in total. The minimum Gasteiger partial charge on any atom is -0.339 e. The molecule has 2 aliphatic rings. The van der Waals surface area contributed by atoms with Crippen LogP contribution in [-0.4, -0.2) is 22.2 Å². The molecular weight excluding hydrogens is 400 g/mol. The lowest BCUT2D eigenvalue weighted by Gasteiger charge is -2.24. The third-order valence-electron chi connectivity index (χ3n) is 6.61. The number of para-hydroxylation sites is 2. The molecule has 32 heavy (non-hydrogen) atoms. The van der Waals surface area contributed by atoms with E-state index in [-0.39, 0.29) is 24.0 Å². The Bertz CT molecular complexity index is 1390. The van der Waals surface area contributed by atoms with Gasteiger partial charge in [0.25, 0.3) is 0 Å². The fraction of sp³-hybridized carbons (Fsp3) is 0.148. The Labute approximate surface area is 184 Å². The van der Waals surface area contributed by atoms with Crippen LogP contribution in [0.3, 0.4) is 0 Å². The number of carbonyl (C=O) groups excluding carboxylic acids is 3. The maximum atomic E-state index is 13.7. The molecule has 1 aromatic heterocycles. The Morgan fingerprint density at radius 3 is 2.16 bits per heavy atom. The van der Waals surface area contributed by atoms with E-state index in [1.807, 2.05) is 60.7 Å². The van der Waals surface area contributed by atoms with Gasteiger partial charge in [-0.15, -0.1) is 0 Å². The number of amides is 2. The number of ketones is 1. The second-order valence-electron chi connectivity index (χ2n) is 8.41. The average Bonchev–Trinajstić information content (AvgIpc) is 3.27. The molecule has 3 aromatic carbocycles. The van der Waals surface area contributed by atoms with Gasteiger partial charge in [0.05, 0.1) is 17.5 Å². The minimum atomic E-state index is -0.665. The van der Waals surface area contributed by atoms with Gasteiger partial charge in [-0.3, -0.25) is 14.4 Å². The van der Waals surface area contributed by atoms with Gasteiger partial charge in [0.2, 0.25) is 11.8 Å². The van der Waals surface area contributed by atoms with Crippen molar-refractivity contribution in [2.45, 2.75) is 18.9 Å². The molecule has 2 heterocycles. The van der Waals surface area contributed by atoms with Gasteiger partial charge >= 0.3 is 0 Å². The topological polar surface area (TPSA) is 59.4 Å². The van der Waals surface area contributed by atoms with Gasteiger partial charge in [-0.05, 0) is 23.8 Å². The molecule has 0 saturated carbocycles. The molecular formula is C27H20N2O3. The van der Waals surface area contributed by atoms with Crippen LogP contribution in [0.1, 0.15) is 34.0 Å². The van der Waals surface area contributed by atoms with E-state index in [4.69, 9.17) is 0 Å². The summed E-state index contributed by atoms with van der Waals surface area (Å²) in [6, 6.07) is 26.7. The van der Waals surface area contributed by atoms with E-state index >= 15 is 0 Å². The maximum absolute atomic E-state index is 13.7. The average molecular weight is 420 g/mol. The van der Waals surface area contributed by atoms with Crippen molar-refractivity contribution in [3.05, 3.63) is 102 Å². The summed E-state index contributed by atoms with van der Waals surface area (Å²) in [5.74, 6) is -1.94. The van der Waals surface area contributed by atoms with E-state index in [0.717, 1.165) is 16.5 Å². The number of benzene rings is 3. The van der Waals surface area contributed by atoms with Crippen molar-refractivity contribution in [2.24, 2.45) is 5.92 Å². The van der Waals surface area contributed by atoms with Crippen molar-refractivity contribution in [3.8, 4) is 0 Å². The first-order valence-corrected chi connectivity index (χ1v) is 10.8. The van der Waals surface area contributed by atoms with Crippen molar-refractivity contribution in [2.75, 3.05) is 4.90 Å². The molecule has 156 valence electrons. The van der Waals surface area contributed by atoms with Crippen LogP contribution < -0.4 is 4.90 Å². The number of fused-ring (bicyclic) bond motifs is 5. The Hall–Kier alpha value is -3.99. The van der Waals surface area contributed by atoms with Gasteiger partial charge in [0, 0.05) is 35.1 Å². The molecule has 1 saturated heterocycles. The fourth-order valence-corrected chi connectivity index (χ4v) is 5.25. The van der Waals surface area contributed by atoms with Crippen LogP contribution in [0.15, 0.2) is 84.9 Å². The van der Waals surface area contributed by atoms with Crippen molar-refractivity contribution in [1.29, 1.82) is 0 Å². The molecule has 0 bridgehead atoms. The smallest absolute Gasteiger partial charge is 0.243 e. The lowest BCUT2D eigenvalue weighted by molar-refractivity contribution is -0.122. The number of hydrogen-bond donors (Lipinski definition) is 0. The summed E-state index contributed by atoms with van der Waals surface area (Å²) in [6.45, 7) is 0.528. The van der Waals surface area contributed by atoms with Gasteiger partial charge in [0.15, 0.2) is 5.78 Å². The third-order valence-corrected chi connectivity index (χ3v) is 6.61. The number of rotatable bonds is 3. The van der Waals surface area contributed by atoms with Crippen LogP contribution in [0.25, 0.3) is 10.9 Å². The van der Waals surface area contributed by atoms with E-state index in [1.54, 1.807) is 24.3 Å². The molecule has 5 nitrogen and oxygen atoms in total. The number of imide groups is 1. The SMILES string of the molecule is O=C1C[C@H]2C(=O)N(c3ccccc3)C(=O)[C@H]2c2c1c1ccccc1n2Cc1ccccc1. The number of hydrogen-bond acceptors (Lipinski definition) is 3. The van der Waals surface area contributed by atoms with Crippen LogP contribution in [0.5, 0.6) is 0 Å². The zero-order chi connectivity index (χ0) is 21.8. The van der Waals surface area contributed by atoms with Crippen molar-refractivity contribution >= 4 is 34.2 Å². The molecule has 1 aliphatic carbocycles. The predicted octanol–water partition coefficient (Wildman–Crippen LogP) is 4.55. The summed E-state index contributed by atoms with van der Waals surface area (Å²) in [5.41, 5.74) is 3.80. The van der Waals surface area contributed by atoms with Gasteiger partial charge in [-0.1, -0.05) is 66.7 Å². The van der Waals surface area contributed by atoms with E-state index in [9.17, 15) is 14.4 Å². The van der Waals surface area contributed by atoms with E-state index in [1.165, 1.54) is 4.90 Å². The van der Waals surface area contributed by atoms with Crippen LogP contribution in [0.4, 0.5) is 5.69 Å². The normalized spacial score (nSPS) is 20.0. The van der Waals surface area contributed by atoms with Crippen molar-refractivity contribution < 1.29 is 14.4 Å². The first-order valence-electron chi connectivity index (χ1n) is 10.8. The molecule has 1 aliphatic heterocycles. The highest BCUT2D eigenvalue weighted by molar-refractivity contribution is 6.27. The van der Waals surface area contributed by atoms with E-state index in [2.05, 4.69) is 4.57 Å². The largest absolute Gasteiger partial charge is 0.339 e. The molecule has 2 atom stereocenters. The zero-order valence-corrected chi connectivity index (χ0v) is 17.3. The third kappa shape index (κ3) is 2.61. The summed E-state index contributed by atoms with van der Waals surface area (Å²) in [4.78, 5) is 41.6. The molecule has 5 heteroatoms. The first kappa shape index (κ1) is 18.8.